The van der Waals surface area contributed by atoms with Gasteiger partial charge >= 0.3 is 0 Å². The maximum absolute atomic E-state index is 11.0. The molecule has 19 heavy (non-hydrogen) atoms. The standard InChI is InChI=1S/C14H14N2O3/c1-10-4-3-5-11(8-10)15-13-9-12(19-2)6-7-14(13)16(17)18/h3-9,15H,1-2H3. The van der Waals surface area contributed by atoms with Gasteiger partial charge in [0, 0.05) is 17.8 Å². The molecule has 0 saturated heterocycles. The molecule has 2 rings (SSSR count). The van der Waals surface area contributed by atoms with E-state index in [1.165, 1.54) is 13.2 Å². The van der Waals surface area contributed by atoms with Crippen LogP contribution in [-0.4, -0.2) is 12.0 Å². The fourth-order valence-corrected chi connectivity index (χ4v) is 1.78. The number of methoxy groups -OCH3 is 1. The molecule has 98 valence electrons. The van der Waals surface area contributed by atoms with Crippen LogP contribution in [0.5, 0.6) is 5.75 Å². The van der Waals surface area contributed by atoms with Crippen LogP contribution in [0, 0.1) is 17.0 Å². The van der Waals surface area contributed by atoms with E-state index in [2.05, 4.69) is 5.32 Å². The Balaban J connectivity index is 2.39. The highest BCUT2D eigenvalue weighted by molar-refractivity contribution is 5.71. The van der Waals surface area contributed by atoms with E-state index in [4.69, 9.17) is 4.74 Å². The topological polar surface area (TPSA) is 64.4 Å². The average Bonchev–Trinajstić information content (AvgIpc) is 2.38. The van der Waals surface area contributed by atoms with Gasteiger partial charge in [0.25, 0.3) is 5.69 Å². The first-order valence-electron chi connectivity index (χ1n) is 5.76. The first-order chi connectivity index (χ1) is 9.10. The summed E-state index contributed by atoms with van der Waals surface area (Å²) in [6, 6.07) is 12.2. The Bertz CT molecular complexity index is 611. The van der Waals surface area contributed by atoms with E-state index in [9.17, 15) is 10.1 Å². The summed E-state index contributed by atoms with van der Waals surface area (Å²) in [5.41, 5.74) is 2.31. The fraction of sp³-hybridized carbons (Fsp3) is 0.143. The molecule has 0 spiro atoms. The molecule has 0 atom stereocenters. The quantitative estimate of drug-likeness (QED) is 0.671. The predicted molar refractivity (Wildman–Crippen MR) is 74.1 cm³/mol. The summed E-state index contributed by atoms with van der Waals surface area (Å²) in [7, 11) is 1.53. The smallest absolute Gasteiger partial charge is 0.292 e. The van der Waals surface area contributed by atoms with Crippen LogP contribution in [0.1, 0.15) is 5.56 Å². The molecule has 0 fully saturated rings. The van der Waals surface area contributed by atoms with E-state index in [-0.39, 0.29) is 5.69 Å². The number of nitrogens with one attached hydrogen (secondary N) is 1. The number of hydrogen-bond donors (Lipinski definition) is 1. The Morgan fingerprint density at radius 3 is 2.63 bits per heavy atom. The molecule has 0 aliphatic carbocycles. The van der Waals surface area contributed by atoms with Gasteiger partial charge in [0.1, 0.15) is 11.4 Å². The molecule has 0 bridgehead atoms. The Labute approximate surface area is 111 Å². The zero-order chi connectivity index (χ0) is 13.8. The van der Waals surface area contributed by atoms with Crippen molar-refractivity contribution in [1.29, 1.82) is 0 Å². The minimum atomic E-state index is -0.419. The number of benzene rings is 2. The minimum absolute atomic E-state index is 0.0160. The third-order valence-corrected chi connectivity index (χ3v) is 2.70. The van der Waals surface area contributed by atoms with Crippen molar-refractivity contribution in [3.05, 3.63) is 58.1 Å². The Morgan fingerprint density at radius 1 is 1.21 bits per heavy atom. The summed E-state index contributed by atoms with van der Waals surface area (Å²) in [6.07, 6.45) is 0. The van der Waals surface area contributed by atoms with Crippen LogP contribution in [0.2, 0.25) is 0 Å². The molecule has 0 heterocycles. The summed E-state index contributed by atoms with van der Waals surface area (Å²) in [5, 5.41) is 14.1. The predicted octanol–water partition coefficient (Wildman–Crippen LogP) is 3.66. The first kappa shape index (κ1) is 12.9. The number of nitro groups is 1. The van der Waals surface area contributed by atoms with Gasteiger partial charge in [-0.1, -0.05) is 12.1 Å². The lowest BCUT2D eigenvalue weighted by atomic mass is 10.2. The molecule has 0 amide bonds. The lowest BCUT2D eigenvalue weighted by molar-refractivity contribution is -0.383. The van der Waals surface area contributed by atoms with Gasteiger partial charge in [-0.05, 0) is 30.7 Å². The monoisotopic (exact) mass is 258 g/mol. The van der Waals surface area contributed by atoms with E-state index < -0.39 is 4.92 Å². The van der Waals surface area contributed by atoms with Crippen molar-refractivity contribution in [2.75, 3.05) is 12.4 Å². The molecule has 1 N–H and O–H groups in total. The molecule has 0 unspecified atom stereocenters. The zero-order valence-corrected chi connectivity index (χ0v) is 10.7. The molecule has 0 radical (unpaired) electrons. The van der Waals surface area contributed by atoms with Gasteiger partial charge in [0.05, 0.1) is 12.0 Å². The van der Waals surface area contributed by atoms with Crippen LogP contribution in [0.3, 0.4) is 0 Å². The van der Waals surface area contributed by atoms with Crippen molar-refractivity contribution in [2.24, 2.45) is 0 Å². The number of ether oxygens (including phenoxy) is 1. The first-order valence-corrected chi connectivity index (χ1v) is 5.76. The van der Waals surface area contributed by atoms with Gasteiger partial charge in [-0.3, -0.25) is 10.1 Å². The lowest BCUT2D eigenvalue weighted by Gasteiger charge is -2.09. The molecule has 0 aromatic heterocycles. The van der Waals surface area contributed by atoms with E-state index >= 15 is 0 Å². The highest BCUT2D eigenvalue weighted by Crippen LogP contribution is 2.31. The van der Waals surface area contributed by atoms with Gasteiger partial charge in [-0.2, -0.15) is 0 Å². The highest BCUT2D eigenvalue weighted by Gasteiger charge is 2.14. The summed E-state index contributed by atoms with van der Waals surface area (Å²) >= 11 is 0. The molecule has 0 saturated carbocycles. The van der Waals surface area contributed by atoms with Crippen LogP contribution in [0.15, 0.2) is 42.5 Å². The maximum atomic E-state index is 11.0. The summed E-state index contributed by atoms with van der Waals surface area (Å²) in [4.78, 5) is 10.6. The van der Waals surface area contributed by atoms with Crippen molar-refractivity contribution in [3.63, 3.8) is 0 Å². The molecular weight excluding hydrogens is 244 g/mol. The summed E-state index contributed by atoms with van der Waals surface area (Å²) in [5.74, 6) is 0.570. The number of aryl methyl sites for hydroxylation is 1. The molecular formula is C14H14N2O3. The zero-order valence-electron chi connectivity index (χ0n) is 10.7. The number of nitro benzene ring substituents is 1. The average molecular weight is 258 g/mol. The van der Waals surface area contributed by atoms with Crippen LogP contribution in [0.4, 0.5) is 17.1 Å². The molecule has 2 aromatic carbocycles. The minimum Gasteiger partial charge on any atom is -0.497 e. The molecule has 0 aliphatic rings. The number of nitrogens with zero attached hydrogens (tertiary/aromatic N) is 1. The van der Waals surface area contributed by atoms with Crippen LogP contribution in [-0.2, 0) is 0 Å². The third kappa shape index (κ3) is 3.01. The van der Waals surface area contributed by atoms with Gasteiger partial charge in [-0.15, -0.1) is 0 Å². The second-order valence-electron chi connectivity index (χ2n) is 4.13. The Kier molecular flexibility index (Phi) is 3.66. The second kappa shape index (κ2) is 5.39. The van der Waals surface area contributed by atoms with Gasteiger partial charge in [0.2, 0.25) is 0 Å². The number of anilines is 2. The SMILES string of the molecule is COc1ccc([N+](=O)[O-])c(Nc2cccc(C)c2)c1. The molecule has 0 aliphatic heterocycles. The van der Waals surface area contributed by atoms with Gasteiger partial charge in [0.15, 0.2) is 0 Å². The van der Waals surface area contributed by atoms with E-state index in [0.717, 1.165) is 11.3 Å². The lowest BCUT2D eigenvalue weighted by Crippen LogP contribution is -1.98. The third-order valence-electron chi connectivity index (χ3n) is 2.70. The summed E-state index contributed by atoms with van der Waals surface area (Å²) in [6.45, 7) is 1.96. The normalized spacial score (nSPS) is 10.0. The largest absolute Gasteiger partial charge is 0.497 e. The molecule has 2 aromatic rings. The van der Waals surface area contributed by atoms with Crippen LogP contribution in [0.25, 0.3) is 0 Å². The van der Waals surface area contributed by atoms with Crippen molar-refractivity contribution < 1.29 is 9.66 Å². The van der Waals surface area contributed by atoms with Gasteiger partial charge < -0.3 is 10.1 Å². The maximum Gasteiger partial charge on any atom is 0.292 e. The van der Waals surface area contributed by atoms with Crippen molar-refractivity contribution >= 4 is 17.1 Å². The number of rotatable bonds is 4. The fourth-order valence-electron chi connectivity index (χ4n) is 1.78. The summed E-state index contributed by atoms with van der Waals surface area (Å²) < 4.78 is 5.09. The molecule has 5 heteroatoms. The van der Waals surface area contributed by atoms with Crippen molar-refractivity contribution in [3.8, 4) is 5.75 Å². The molecule has 5 nitrogen and oxygen atoms in total. The van der Waals surface area contributed by atoms with Crippen LogP contribution >= 0.6 is 0 Å². The van der Waals surface area contributed by atoms with Crippen molar-refractivity contribution in [1.82, 2.24) is 0 Å². The van der Waals surface area contributed by atoms with E-state index in [1.807, 2.05) is 31.2 Å². The Morgan fingerprint density at radius 2 is 2.00 bits per heavy atom. The van der Waals surface area contributed by atoms with Crippen molar-refractivity contribution in [2.45, 2.75) is 6.92 Å². The second-order valence-corrected chi connectivity index (χ2v) is 4.13. The van der Waals surface area contributed by atoms with E-state index in [1.54, 1.807) is 12.1 Å². The number of hydrogen-bond acceptors (Lipinski definition) is 4. The van der Waals surface area contributed by atoms with Gasteiger partial charge in [-0.25, -0.2) is 0 Å². The van der Waals surface area contributed by atoms with E-state index in [0.29, 0.717) is 11.4 Å². The van der Waals surface area contributed by atoms with Crippen LogP contribution < -0.4 is 10.1 Å². The Hall–Kier alpha value is -2.56. The highest BCUT2D eigenvalue weighted by atomic mass is 16.6.